The number of hydrogen-bond donors (Lipinski definition) is 0. The van der Waals surface area contributed by atoms with Crippen LogP contribution in [0, 0.1) is 0 Å². The van der Waals surface area contributed by atoms with Gasteiger partial charge in [-0.25, -0.2) is 0 Å². The molecule has 0 bridgehead atoms. The zero-order valence-electron chi connectivity index (χ0n) is 6.84. The van der Waals surface area contributed by atoms with Gasteiger partial charge in [-0.1, -0.05) is 26.2 Å². The number of aldehydes is 1. The van der Waals surface area contributed by atoms with Gasteiger partial charge in [0.15, 0.2) is 6.29 Å². The molecule has 0 aliphatic carbocycles. The summed E-state index contributed by atoms with van der Waals surface area (Å²) in [4.78, 5) is 19.4. The third-order valence-electron chi connectivity index (χ3n) is 1.86. The number of rotatable bonds is 6. The van der Waals surface area contributed by atoms with E-state index in [0.29, 0.717) is 6.42 Å². The maximum absolute atomic E-state index is 10.3. The lowest BCUT2D eigenvalue weighted by molar-refractivity contribution is -0.113. The van der Waals surface area contributed by atoms with Gasteiger partial charge < -0.3 is 0 Å². The minimum atomic E-state index is -0.840. The highest BCUT2D eigenvalue weighted by Crippen LogP contribution is 2.32. The highest BCUT2D eigenvalue weighted by Gasteiger charge is 2.48. The minimum Gasteiger partial charge on any atom is -0.297 e. The predicted molar refractivity (Wildman–Crippen MR) is 39.7 cm³/mol. The molecule has 1 rings (SSSR count). The summed E-state index contributed by atoms with van der Waals surface area (Å²) >= 11 is 0. The van der Waals surface area contributed by atoms with Crippen LogP contribution in [0.5, 0.6) is 0 Å². The highest BCUT2D eigenvalue weighted by atomic mass is 17.4. The Bertz CT molecular complexity index is 129. The monoisotopic (exact) mass is 158 g/mol. The Morgan fingerprint density at radius 1 is 1.27 bits per heavy atom. The van der Waals surface area contributed by atoms with Crippen LogP contribution in [-0.2, 0) is 14.6 Å². The van der Waals surface area contributed by atoms with Crippen LogP contribution in [0.15, 0.2) is 0 Å². The average molecular weight is 158 g/mol. The molecule has 1 heterocycles. The fraction of sp³-hybridized carbons (Fsp3) is 0.875. The van der Waals surface area contributed by atoms with Crippen molar-refractivity contribution in [2.24, 2.45) is 0 Å². The van der Waals surface area contributed by atoms with E-state index < -0.39 is 5.79 Å². The van der Waals surface area contributed by atoms with Crippen molar-refractivity contribution in [2.75, 3.05) is 0 Å². The molecule has 0 aromatic carbocycles. The summed E-state index contributed by atoms with van der Waals surface area (Å²) in [5.74, 6) is -0.840. The Morgan fingerprint density at radius 3 is 2.45 bits per heavy atom. The van der Waals surface area contributed by atoms with E-state index in [4.69, 9.17) is 0 Å². The van der Waals surface area contributed by atoms with Gasteiger partial charge in [-0.15, -0.1) is 0 Å². The van der Waals surface area contributed by atoms with Gasteiger partial charge in [0.05, 0.1) is 0 Å². The van der Waals surface area contributed by atoms with Crippen LogP contribution in [0.3, 0.4) is 0 Å². The second-order valence-electron chi connectivity index (χ2n) is 2.91. The van der Waals surface area contributed by atoms with Gasteiger partial charge in [-0.3, -0.25) is 4.79 Å². The summed E-state index contributed by atoms with van der Waals surface area (Å²) in [6.07, 6.45) is 6.02. The number of hydrogen-bond acceptors (Lipinski definition) is 3. The van der Waals surface area contributed by atoms with Gasteiger partial charge in [0.25, 0.3) is 5.79 Å². The summed E-state index contributed by atoms with van der Waals surface area (Å²) in [5, 5.41) is 0. The first-order valence-corrected chi connectivity index (χ1v) is 4.16. The van der Waals surface area contributed by atoms with E-state index in [9.17, 15) is 4.79 Å². The second-order valence-corrected chi connectivity index (χ2v) is 2.91. The lowest BCUT2D eigenvalue weighted by Crippen LogP contribution is -2.11. The molecule has 0 radical (unpaired) electrons. The maximum Gasteiger partial charge on any atom is 0.288 e. The van der Waals surface area contributed by atoms with Gasteiger partial charge in [-0.05, 0) is 6.42 Å². The van der Waals surface area contributed by atoms with E-state index >= 15 is 0 Å². The molecule has 3 nitrogen and oxygen atoms in total. The first-order valence-electron chi connectivity index (χ1n) is 4.16. The zero-order chi connectivity index (χ0) is 8.16. The van der Waals surface area contributed by atoms with Crippen LogP contribution in [0.1, 0.15) is 39.0 Å². The molecule has 1 fully saturated rings. The Balaban J connectivity index is 1.98. The third kappa shape index (κ3) is 2.60. The first-order chi connectivity index (χ1) is 5.33. The van der Waals surface area contributed by atoms with Crippen molar-refractivity contribution in [3.8, 4) is 0 Å². The van der Waals surface area contributed by atoms with E-state index in [2.05, 4.69) is 16.7 Å². The normalized spacial score (nSPS) is 19.7. The van der Waals surface area contributed by atoms with Gasteiger partial charge in [-0.2, -0.15) is 9.78 Å². The summed E-state index contributed by atoms with van der Waals surface area (Å²) < 4.78 is 0. The van der Waals surface area contributed by atoms with Crippen LogP contribution in [-0.4, -0.2) is 12.1 Å². The molecule has 1 saturated heterocycles. The second kappa shape index (κ2) is 3.83. The Morgan fingerprint density at radius 2 is 2.00 bits per heavy atom. The molecule has 0 saturated carbocycles. The largest absolute Gasteiger partial charge is 0.297 e. The quantitative estimate of drug-likeness (QED) is 0.256. The van der Waals surface area contributed by atoms with Crippen LogP contribution in [0.4, 0.5) is 0 Å². The van der Waals surface area contributed by atoms with E-state index in [1.165, 1.54) is 12.8 Å². The van der Waals surface area contributed by atoms with Crippen molar-refractivity contribution in [3.63, 3.8) is 0 Å². The molecule has 0 amide bonds. The van der Waals surface area contributed by atoms with Gasteiger partial charge in [0.2, 0.25) is 0 Å². The lowest BCUT2D eigenvalue weighted by Gasteiger charge is -1.97. The molecule has 1 aliphatic rings. The van der Waals surface area contributed by atoms with Crippen molar-refractivity contribution in [1.29, 1.82) is 0 Å². The Labute approximate surface area is 66.6 Å². The van der Waals surface area contributed by atoms with Crippen LogP contribution < -0.4 is 0 Å². The average Bonchev–Trinajstić information content (AvgIpc) is 2.80. The number of carbonyl (C=O) groups is 1. The Hall–Kier alpha value is -0.410. The summed E-state index contributed by atoms with van der Waals surface area (Å²) in [6.45, 7) is 2.15. The predicted octanol–water partition coefficient (Wildman–Crippen LogP) is 1.81. The molecule has 0 aromatic rings. The standard InChI is InChI=1S/C8H14O3/c1-2-3-4-5-6-8(7-9)10-11-8/h7H,2-6H2,1H3. The smallest absolute Gasteiger partial charge is 0.288 e. The zero-order valence-corrected chi connectivity index (χ0v) is 6.84. The molecule has 0 atom stereocenters. The molecule has 0 N–H and O–H groups in total. The van der Waals surface area contributed by atoms with Crippen molar-refractivity contribution in [1.82, 2.24) is 0 Å². The van der Waals surface area contributed by atoms with Crippen molar-refractivity contribution >= 4 is 6.29 Å². The molecule has 3 heteroatoms. The number of carbonyl (C=O) groups excluding carboxylic acids is 1. The molecule has 64 valence electrons. The van der Waals surface area contributed by atoms with Crippen LogP contribution in [0.2, 0.25) is 0 Å². The highest BCUT2D eigenvalue weighted by molar-refractivity contribution is 5.61. The van der Waals surface area contributed by atoms with Crippen molar-refractivity contribution in [3.05, 3.63) is 0 Å². The summed E-state index contributed by atoms with van der Waals surface area (Å²) in [6, 6.07) is 0. The van der Waals surface area contributed by atoms with E-state index in [1.54, 1.807) is 0 Å². The molecular weight excluding hydrogens is 144 g/mol. The third-order valence-corrected chi connectivity index (χ3v) is 1.86. The topological polar surface area (TPSA) is 42.1 Å². The van der Waals surface area contributed by atoms with Gasteiger partial charge in [0.1, 0.15) is 0 Å². The van der Waals surface area contributed by atoms with Crippen LogP contribution in [0.25, 0.3) is 0 Å². The van der Waals surface area contributed by atoms with E-state index in [0.717, 1.165) is 19.1 Å². The van der Waals surface area contributed by atoms with Gasteiger partial charge >= 0.3 is 0 Å². The molecule has 0 aromatic heterocycles. The van der Waals surface area contributed by atoms with Crippen molar-refractivity contribution < 1.29 is 14.6 Å². The summed E-state index contributed by atoms with van der Waals surface area (Å²) in [5.41, 5.74) is 0. The fourth-order valence-corrected chi connectivity index (χ4v) is 1.03. The lowest BCUT2D eigenvalue weighted by atomic mass is 10.1. The van der Waals surface area contributed by atoms with E-state index in [1.807, 2.05) is 0 Å². The minimum absolute atomic E-state index is 0.705. The Kier molecular flexibility index (Phi) is 3.02. The molecule has 0 spiro atoms. The SMILES string of the molecule is CCCCCCC1(C=O)OO1. The molecule has 0 unspecified atom stereocenters. The van der Waals surface area contributed by atoms with Crippen molar-refractivity contribution in [2.45, 2.75) is 44.8 Å². The summed E-state index contributed by atoms with van der Waals surface area (Å²) in [7, 11) is 0. The molecule has 1 aliphatic heterocycles. The molecular formula is C8H14O3. The maximum atomic E-state index is 10.3. The number of unbranched alkanes of at least 4 members (excludes halogenated alkanes) is 3. The van der Waals surface area contributed by atoms with E-state index in [-0.39, 0.29) is 0 Å². The molecule has 11 heavy (non-hydrogen) atoms. The first kappa shape index (κ1) is 8.68. The fourth-order valence-electron chi connectivity index (χ4n) is 1.03. The van der Waals surface area contributed by atoms with Crippen LogP contribution >= 0.6 is 0 Å². The van der Waals surface area contributed by atoms with Gasteiger partial charge in [0, 0.05) is 6.42 Å².